The van der Waals surface area contributed by atoms with Crippen molar-refractivity contribution in [1.29, 1.82) is 0 Å². The standard InChI is InChI=1S/C15H8BrCl2F3N2O3/c16-8-1-2-10(17)9(4-8)14(25)26-6-12(24)23-13-11(18)3-7(5-22-13)15(19,20)21/h1-5H,6H2,(H,22,23,24). The molecule has 138 valence electrons. The Labute approximate surface area is 163 Å². The third kappa shape index (κ3) is 5.33. The number of alkyl halides is 3. The number of hydrogen-bond acceptors (Lipinski definition) is 4. The molecule has 0 bridgehead atoms. The maximum absolute atomic E-state index is 12.5. The van der Waals surface area contributed by atoms with Gasteiger partial charge in [0.2, 0.25) is 0 Å². The van der Waals surface area contributed by atoms with Crippen LogP contribution in [0, 0.1) is 0 Å². The van der Waals surface area contributed by atoms with Crippen molar-refractivity contribution in [2.45, 2.75) is 6.18 Å². The molecule has 0 aliphatic heterocycles. The molecule has 0 saturated carbocycles. The van der Waals surface area contributed by atoms with Gasteiger partial charge in [0.05, 0.1) is 21.2 Å². The molecular formula is C15H8BrCl2F3N2O3. The van der Waals surface area contributed by atoms with E-state index < -0.39 is 35.2 Å². The van der Waals surface area contributed by atoms with Crippen molar-refractivity contribution in [1.82, 2.24) is 4.98 Å². The summed E-state index contributed by atoms with van der Waals surface area (Å²) in [6, 6.07) is 5.12. The number of hydrogen-bond donors (Lipinski definition) is 1. The van der Waals surface area contributed by atoms with Gasteiger partial charge in [0.1, 0.15) is 0 Å². The molecule has 0 saturated heterocycles. The van der Waals surface area contributed by atoms with Crippen LogP contribution in [0.15, 0.2) is 34.9 Å². The third-order valence-corrected chi connectivity index (χ3v) is 4.02. The molecule has 0 aliphatic carbocycles. The number of benzene rings is 1. The molecule has 2 aromatic rings. The molecule has 0 atom stereocenters. The predicted octanol–water partition coefficient (Wildman–Crippen LogP) is 4.97. The Hall–Kier alpha value is -1.84. The van der Waals surface area contributed by atoms with E-state index in [1.54, 1.807) is 6.07 Å². The molecule has 0 spiro atoms. The third-order valence-electron chi connectivity index (χ3n) is 2.91. The van der Waals surface area contributed by atoms with Crippen molar-refractivity contribution in [3.8, 4) is 0 Å². The Morgan fingerprint density at radius 2 is 1.88 bits per heavy atom. The fraction of sp³-hybridized carbons (Fsp3) is 0.133. The van der Waals surface area contributed by atoms with E-state index >= 15 is 0 Å². The number of ether oxygens (including phenoxy) is 1. The summed E-state index contributed by atoms with van der Waals surface area (Å²) in [5.41, 5.74) is -1.02. The summed E-state index contributed by atoms with van der Waals surface area (Å²) in [4.78, 5) is 27.1. The summed E-state index contributed by atoms with van der Waals surface area (Å²) in [7, 11) is 0. The second-order valence-electron chi connectivity index (χ2n) is 4.80. The van der Waals surface area contributed by atoms with Crippen LogP contribution in [0.5, 0.6) is 0 Å². The Morgan fingerprint density at radius 3 is 2.50 bits per heavy atom. The van der Waals surface area contributed by atoms with Crippen molar-refractivity contribution in [2.24, 2.45) is 0 Å². The first-order valence-corrected chi connectivity index (χ1v) is 8.27. The average molecular weight is 472 g/mol. The fourth-order valence-corrected chi connectivity index (χ4v) is 2.49. The van der Waals surface area contributed by atoms with Gasteiger partial charge in [-0.25, -0.2) is 9.78 Å². The van der Waals surface area contributed by atoms with Gasteiger partial charge < -0.3 is 10.1 Å². The summed E-state index contributed by atoms with van der Waals surface area (Å²) in [5, 5.41) is 1.88. The molecule has 0 radical (unpaired) electrons. The second-order valence-corrected chi connectivity index (χ2v) is 6.53. The average Bonchev–Trinajstić information content (AvgIpc) is 2.55. The molecule has 2 rings (SSSR count). The van der Waals surface area contributed by atoms with E-state index in [4.69, 9.17) is 27.9 Å². The van der Waals surface area contributed by atoms with E-state index in [1.165, 1.54) is 12.1 Å². The van der Waals surface area contributed by atoms with Crippen LogP contribution in [0.3, 0.4) is 0 Å². The first kappa shape index (κ1) is 20.5. The lowest BCUT2D eigenvalue weighted by Gasteiger charge is -2.10. The zero-order valence-electron chi connectivity index (χ0n) is 12.5. The van der Waals surface area contributed by atoms with Crippen molar-refractivity contribution in [3.63, 3.8) is 0 Å². The Bertz CT molecular complexity index is 863. The highest BCUT2D eigenvalue weighted by Crippen LogP contribution is 2.32. The molecule has 1 amide bonds. The van der Waals surface area contributed by atoms with Crippen LogP contribution in [0.1, 0.15) is 15.9 Å². The van der Waals surface area contributed by atoms with Gasteiger partial charge in [0.25, 0.3) is 5.91 Å². The molecule has 0 unspecified atom stereocenters. The molecule has 26 heavy (non-hydrogen) atoms. The van der Waals surface area contributed by atoms with Crippen molar-refractivity contribution in [3.05, 3.63) is 56.1 Å². The minimum Gasteiger partial charge on any atom is -0.452 e. The molecule has 1 aromatic heterocycles. The van der Waals surface area contributed by atoms with Gasteiger partial charge in [-0.3, -0.25) is 4.79 Å². The normalized spacial score (nSPS) is 11.2. The predicted molar refractivity (Wildman–Crippen MR) is 92.3 cm³/mol. The number of amides is 1. The lowest BCUT2D eigenvalue weighted by atomic mass is 10.2. The number of rotatable bonds is 4. The second kappa shape index (κ2) is 8.24. The minimum absolute atomic E-state index is 0.0412. The van der Waals surface area contributed by atoms with Crippen LogP contribution in [-0.4, -0.2) is 23.5 Å². The summed E-state index contributed by atoms with van der Waals surface area (Å²) in [6.07, 6.45) is -4.09. The highest BCUT2D eigenvalue weighted by molar-refractivity contribution is 9.10. The van der Waals surface area contributed by atoms with Crippen molar-refractivity contribution < 1.29 is 27.5 Å². The molecule has 11 heteroatoms. The zero-order valence-corrected chi connectivity index (χ0v) is 15.6. The van der Waals surface area contributed by atoms with Crippen LogP contribution >= 0.6 is 39.1 Å². The highest BCUT2D eigenvalue weighted by atomic mass is 79.9. The number of anilines is 1. The first-order valence-electron chi connectivity index (χ1n) is 6.72. The summed E-state index contributed by atoms with van der Waals surface area (Å²) in [5.74, 6) is -1.97. The Balaban J connectivity index is 1.99. The van der Waals surface area contributed by atoms with Gasteiger partial charge in [-0.05, 0) is 24.3 Å². The fourth-order valence-electron chi connectivity index (χ4n) is 1.72. The number of aromatic nitrogens is 1. The van der Waals surface area contributed by atoms with Crippen molar-refractivity contribution >= 4 is 56.8 Å². The number of nitrogens with zero attached hydrogens (tertiary/aromatic N) is 1. The van der Waals surface area contributed by atoms with Crippen molar-refractivity contribution in [2.75, 3.05) is 11.9 Å². The van der Waals surface area contributed by atoms with Gasteiger partial charge in [0.15, 0.2) is 12.4 Å². The summed E-state index contributed by atoms with van der Waals surface area (Å²) >= 11 is 14.7. The van der Waals surface area contributed by atoms with E-state index in [0.717, 1.165) is 0 Å². The van der Waals surface area contributed by atoms with Crippen LogP contribution in [0.4, 0.5) is 19.0 Å². The van der Waals surface area contributed by atoms with Crippen LogP contribution < -0.4 is 5.32 Å². The SMILES string of the molecule is O=C(COC(=O)c1cc(Br)ccc1Cl)Nc1ncc(C(F)(F)F)cc1Cl. The number of halogens is 6. The minimum atomic E-state index is -4.61. The smallest absolute Gasteiger partial charge is 0.417 e. The van der Waals surface area contributed by atoms with Crippen LogP contribution in [0.2, 0.25) is 10.0 Å². The monoisotopic (exact) mass is 470 g/mol. The maximum Gasteiger partial charge on any atom is 0.417 e. The molecule has 1 heterocycles. The lowest BCUT2D eigenvalue weighted by molar-refractivity contribution is -0.137. The molecule has 0 aliphatic rings. The van der Waals surface area contributed by atoms with Gasteiger partial charge >= 0.3 is 12.1 Å². The molecule has 0 fully saturated rings. The molecular weight excluding hydrogens is 464 g/mol. The number of nitrogens with one attached hydrogen (secondary N) is 1. The van der Waals surface area contributed by atoms with Gasteiger partial charge in [0, 0.05) is 10.7 Å². The number of esters is 1. The number of carbonyl (C=O) groups is 2. The summed E-state index contributed by atoms with van der Waals surface area (Å²) in [6.45, 7) is -0.708. The Morgan fingerprint density at radius 1 is 1.19 bits per heavy atom. The van der Waals surface area contributed by atoms with Crippen LogP contribution in [0.25, 0.3) is 0 Å². The molecule has 1 N–H and O–H groups in total. The first-order chi connectivity index (χ1) is 12.1. The van der Waals surface area contributed by atoms with E-state index in [1.807, 2.05) is 0 Å². The summed E-state index contributed by atoms with van der Waals surface area (Å²) < 4.78 is 43.0. The highest BCUT2D eigenvalue weighted by Gasteiger charge is 2.31. The van der Waals surface area contributed by atoms with E-state index in [9.17, 15) is 22.8 Å². The van der Waals surface area contributed by atoms with E-state index in [0.29, 0.717) is 16.7 Å². The quantitative estimate of drug-likeness (QED) is 0.639. The number of carbonyl (C=O) groups excluding carboxylic acids is 2. The van der Waals surface area contributed by atoms with Gasteiger partial charge in [-0.2, -0.15) is 13.2 Å². The van der Waals surface area contributed by atoms with E-state index in [2.05, 4.69) is 26.2 Å². The largest absolute Gasteiger partial charge is 0.452 e. The molecule has 5 nitrogen and oxygen atoms in total. The van der Waals surface area contributed by atoms with Crippen LogP contribution in [-0.2, 0) is 15.7 Å². The van der Waals surface area contributed by atoms with E-state index in [-0.39, 0.29) is 16.4 Å². The number of pyridine rings is 1. The van der Waals surface area contributed by atoms with Gasteiger partial charge in [-0.15, -0.1) is 0 Å². The lowest BCUT2D eigenvalue weighted by Crippen LogP contribution is -2.22. The zero-order chi connectivity index (χ0) is 19.5. The topological polar surface area (TPSA) is 68.3 Å². The Kier molecular flexibility index (Phi) is 6.48. The molecule has 1 aromatic carbocycles. The van der Waals surface area contributed by atoms with Gasteiger partial charge in [-0.1, -0.05) is 39.1 Å². The maximum atomic E-state index is 12.5.